The number of hydrogen-bond acceptors (Lipinski definition) is 4. The second-order valence-corrected chi connectivity index (χ2v) is 7.28. The molecular formula is C13H14ClFN2O2S2. The van der Waals surface area contributed by atoms with Crippen molar-refractivity contribution in [3.05, 3.63) is 45.4 Å². The van der Waals surface area contributed by atoms with Crippen molar-refractivity contribution in [1.82, 2.24) is 5.32 Å². The first-order valence-corrected chi connectivity index (χ1v) is 8.93. The lowest BCUT2D eigenvalue weighted by atomic mass is 10.3. The lowest BCUT2D eigenvalue weighted by Gasteiger charge is -2.10. The Morgan fingerprint density at radius 3 is 2.81 bits per heavy atom. The molecule has 2 N–H and O–H groups in total. The molecule has 21 heavy (non-hydrogen) atoms. The molecule has 0 saturated heterocycles. The summed E-state index contributed by atoms with van der Waals surface area (Å²) < 4.78 is 40.3. The molecule has 0 aliphatic rings. The molecule has 0 atom stereocenters. The molecule has 2 aromatic rings. The molecule has 1 aromatic heterocycles. The zero-order valence-electron chi connectivity index (χ0n) is 11.2. The maximum atomic E-state index is 13.2. The third-order valence-corrected chi connectivity index (χ3v) is 5.53. The SMILES string of the molecule is CCNCc1sccc1S(=O)(=O)Nc1cc(F)ccc1Cl. The predicted octanol–water partition coefficient (Wildman–Crippen LogP) is 3.45. The van der Waals surface area contributed by atoms with E-state index in [1.807, 2.05) is 6.92 Å². The van der Waals surface area contributed by atoms with Crippen LogP contribution in [0, 0.1) is 5.82 Å². The van der Waals surface area contributed by atoms with Gasteiger partial charge in [0, 0.05) is 11.4 Å². The van der Waals surface area contributed by atoms with E-state index >= 15 is 0 Å². The highest BCUT2D eigenvalue weighted by atomic mass is 35.5. The molecule has 0 saturated carbocycles. The predicted molar refractivity (Wildman–Crippen MR) is 83.9 cm³/mol. The van der Waals surface area contributed by atoms with Gasteiger partial charge in [0.2, 0.25) is 0 Å². The second-order valence-electron chi connectivity index (χ2n) is 4.22. The molecule has 8 heteroatoms. The summed E-state index contributed by atoms with van der Waals surface area (Å²) in [6.07, 6.45) is 0. The molecule has 4 nitrogen and oxygen atoms in total. The fourth-order valence-electron chi connectivity index (χ4n) is 1.71. The monoisotopic (exact) mass is 348 g/mol. The van der Waals surface area contributed by atoms with E-state index in [1.165, 1.54) is 29.5 Å². The van der Waals surface area contributed by atoms with E-state index in [2.05, 4.69) is 10.0 Å². The van der Waals surface area contributed by atoms with Crippen LogP contribution >= 0.6 is 22.9 Å². The van der Waals surface area contributed by atoms with Crippen molar-refractivity contribution in [2.45, 2.75) is 18.4 Å². The molecule has 0 unspecified atom stereocenters. The summed E-state index contributed by atoms with van der Waals surface area (Å²) in [6, 6.07) is 5.05. The van der Waals surface area contributed by atoms with Gasteiger partial charge in [-0.05, 0) is 36.2 Å². The Morgan fingerprint density at radius 2 is 2.10 bits per heavy atom. The van der Waals surface area contributed by atoms with Gasteiger partial charge in [-0.1, -0.05) is 18.5 Å². The fourth-order valence-corrected chi connectivity index (χ4v) is 4.42. The lowest BCUT2D eigenvalue weighted by molar-refractivity contribution is 0.599. The van der Waals surface area contributed by atoms with Gasteiger partial charge in [0.25, 0.3) is 10.0 Å². The number of thiophene rings is 1. The standard InChI is InChI=1S/C13H14ClFN2O2S2/c1-2-16-8-12-13(5-6-20-12)21(18,19)17-11-7-9(15)3-4-10(11)14/h3-7,16-17H,2,8H2,1H3. The highest BCUT2D eigenvalue weighted by molar-refractivity contribution is 7.93. The van der Waals surface area contributed by atoms with Crippen molar-refractivity contribution in [2.75, 3.05) is 11.3 Å². The molecule has 0 radical (unpaired) electrons. The van der Waals surface area contributed by atoms with Gasteiger partial charge in [0.05, 0.1) is 10.7 Å². The number of hydrogen-bond donors (Lipinski definition) is 2. The van der Waals surface area contributed by atoms with Crippen LogP contribution in [-0.4, -0.2) is 15.0 Å². The van der Waals surface area contributed by atoms with Gasteiger partial charge in [-0.3, -0.25) is 4.72 Å². The smallest absolute Gasteiger partial charge is 0.263 e. The average molecular weight is 349 g/mol. The molecule has 114 valence electrons. The Bertz CT molecular complexity index is 732. The summed E-state index contributed by atoms with van der Waals surface area (Å²) in [6.45, 7) is 3.13. The number of nitrogens with one attached hydrogen (secondary N) is 2. The first kappa shape index (κ1) is 16.2. The molecule has 0 aliphatic carbocycles. The average Bonchev–Trinajstić information content (AvgIpc) is 2.89. The summed E-state index contributed by atoms with van der Waals surface area (Å²) in [5.74, 6) is -0.560. The van der Waals surface area contributed by atoms with Gasteiger partial charge in [-0.15, -0.1) is 11.3 Å². The van der Waals surface area contributed by atoms with Crippen LogP contribution in [0.5, 0.6) is 0 Å². The van der Waals surface area contributed by atoms with Gasteiger partial charge < -0.3 is 5.32 Å². The van der Waals surface area contributed by atoms with Crippen LogP contribution in [0.2, 0.25) is 5.02 Å². The summed E-state index contributed by atoms with van der Waals surface area (Å²) in [7, 11) is -3.80. The summed E-state index contributed by atoms with van der Waals surface area (Å²) >= 11 is 7.23. The van der Waals surface area contributed by atoms with Crippen LogP contribution in [0.4, 0.5) is 10.1 Å². The Kier molecular flexibility index (Phi) is 5.21. The minimum Gasteiger partial charge on any atom is -0.312 e. The Balaban J connectivity index is 2.30. The maximum absolute atomic E-state index is 13.2. The number of benzene rings is 1. The molecule has 2 rings (SSSR count). The van der Waals surface area contributed by atoms with Crippen molar-refractivity contribution in [2.24, 2.45) is 0 Å². The van der Waals surface area contributed by atoms with Crippen LogP contribution in [0.3, 0.4) is 0 Å². The first-order chi connectivity index (χ1) is 9.94. The Labute approximate surface area is 132 Å². The van der Waals surface area contributed by atoms with Gasteiger partial charge in [-0.2, -0.15) is 0 Å². The third-order valence-electron chi connectivity index (χ3n) is 2.70. The molecule has 1 heterocycles. The molecule has 0 spiro atoms. The van der Waals surface area contributed by atoms with Crippen LogP contribution in [0.25, 0.3) is 0 Å². The molecule has 0 amide bonds. The first-order valence-electron chi connectivity index (χ1n) is 6.19. The largest absolute Gasteiger partial charge is 0.312 e. The minimum absolute atomic E-state index is 0.0252. The molecular weight excluding hydrogens is 335 g/mol. The highest BCUT2D eigenvalue weighted by Gasteiger charge is 2.20. The van der Waals surface area contributed by atoms with Gasteiger partial charge in [0.15, 0.2) is 0 Å². The summed E-state index contributed by atoms with van der Waals surface area (Å²) in [5, 5.41) is 4.92. The number of halogens is 2. The topological polar surface area (TPSA) is 58.2 Å². The van der Waals surface area contributed by atoms with Crippen molar-refractivity contribution in [1.29, 1.82) is 0 Å². The maximum Gasteiger partial charge on any atom is 0.263 e. The van der Waals surface area contributed by atoms with E-state index in [-0.39, 0.29) is 15.6 Å². The van der Waals surface area contributed by atoms with Crippen molar-refractivity contribution < 1.29 is 12.8 Å². The summed E-state index contributed by atoms with van der Waals surface area (Å²) in [4.78, 5) is 0.866. The van der Waals surface area contributed by atoms with Crippen LogP contribution in [0.15, 0.2) is 34.5 Å². The molecule has 0 aliphatic heterocycles. The zero-order valence-corrected chi connectivity index (χ0v) is 13.6. The van der Waals surface area contributed by atoms with Crippen molar-refractivity contribution in [3.63, 3.8) is 0 Å². The second kappa shape index (κ2) is 6.74. The Hall–Kier alpha value is -1.15. The van der Waals surface area contributed by atoms with E-state index in [0.29, 0.717) is 11.4 Å². The lowest BCUT2D eigenvalue weighted by Crippen LogP contribution is -2.17. The summed E-state index contributed by atoms with van der Waals surface area (Å²) in [5.41, 5.74) is 0.0252. The van der Waals surface area contributed by atoms with E-state index in [4.69, 9.17) is 11.6 Å². The van der Waals surface area contributed by atoms with E-state index in [1.54, 1.807) is 5.38 Å². The van der Waals surface area contributed by atoms with Crippen molar-refractivity contribution >= 4 is 38.6 Å². The zero-order chi connectivity index (χ0) is 15.5. The van der Waals surface area contributed by atoms with E-state index < -0.39 is 15.8 Å². The van der Waals surface area contributed by atoms with Crippen molar-refractivity contribution in [3.8, 4) is 0 Å². The van der Waals surface area contributed by atoms with Gasteiger partial charge in [-0.25, -0.2) is 12.8 Å². The number of sulfonamides is 1. The van der Waals surface area contributed by atoms with Gasteiger partial charge in [0.1, 0.15) is 10.7 Å². The van der Waals surface area contributed by atoms with E-state index in [9.17, 15) is 12.8 Å². The van der Waals surface area contributed by atoms with Crippen LogP contribution < -0.4 is 10.0 Å². The van der Waals surface area contributed by atoms with Crippen LogP contribution in [-0.2, 0) is 16.6 Å². The van der Waals surface area contributed by atoms with Gasteiger partial charge >= 0.3 is 0 Å². The molecule has 1 aromatic carbocycles. The quantitative estimate of drug-likeness (QED) is 0.840. The number of anilines is 1. The molecule has 0 fully saturated rings. The minimum atomic E-state index is -3.80. The van der Waals surface area contributed by atoms with Crippen LogP contribution in [0.1, 0.15) is 11.8 Å². The Morgan fingerprint density at radius 1 is 1.33 bits per heavy atom. The molecule has 0 bridgehead atoms. The third kappa shape index (κ3) is 3.94. The number of rotatable bonds is 6. The highest BCUT2D eigenvalue weighted by Crippen LogP contribution is 2.28. The van der Waals surface area contributed by atoms with E-state index in [0.717, 1.165) is 12.6 Å². The normalized spacial score (nSPS) is 11.6. The fraction of sp³-hybridized carbons (Fsp3) is 0.231.